The minimum atomic E-state index is -1.80. The Morgan fingerprint density at radius 2 is 1.91 bits per heavy atom. The fourth-order valence-electron chi connectivity index (χ4n) is 3.40. The first-order valence-electron chi connectivity index (χ1n) is 8.93. The van der Waals surface area contributed by atoms with Gasteiger partial charge in [0.05, 0.1) is 18.3 Å². The molecule has 0 spiro atoms. The smallest absolute Gasteiger partial charge is 0.192 e. The van der Waals surface area contributed by atoms with Crippen molar-refractivity contribution >= 4 is 8.32 Å². The van der Waals surface area contributed by atoms with Crippen LogP contribution in [0.3, 0.4) is 0 Å². The Balaban J connectivity index is 2.02. The van der Waals surface area contributed by atoms with Gasteiger partial charge in [0, 0.05) is 18.8 Å². The zero-order valence-corrected chi connectivity index (χ0v) is 16.5. The van der Waals surface area contributed by atoms with Crippen LogP contribution in [-0.2, 0) is 9.16 Å². The van der Waals surface area contributed by atoms with E-state index in [4.69, 9.17) is 9.16 Å². The van der Waals surface area contributed by atoms with Crippen LogP contribution in [0.4, 0.5) is 0 Å². The zero-order valence-electron chi connectivity index (χ0n) is 15.5. The lowest BCUT2D eigenvalue weighted by molar-refractivity contribution is -0.0949. The van der Waals surface area contributed by atoms with Crippen molar-refractivity contribution in [3.63, 3.8) is 0 Å². The van der Waals surface area contributed by atoms with Crippen LogP contribution in [0.5, 0.6) is 0 Å². The van der Waals surface area contributed by atoms with Gasteiger partial charge in [0.15, 0.2) is 14.6 Å². The number of ether oxygens (including phenoxy) is 1. The van der Waals surface area contributed by atoms with Crippen LogP contribution in [0.2, 0.25) is 18.1 Å². The van der Waals surface area contributed by atoms with Crippen molar-refractivity contribution < 1.29 is 19.4 Å². The SMILES string of the molecule is CC[C@@H](/C=C/[C@@H]1[C@H]2CC(O)O[C@H]2C[C@H]1O)O[Si](C)(C)C(C)(C)C. The predicted octanol–water partition coefficient (Wildman–Crippen LogP) is 3.45. The number of fused-ring (bicyclic) bond motifs is 1. The lowest BCUT2D eigenvalue weighted by Crippen LogP contribution is -2.43. The Labute approximate surface area is 142 Å². The summed E-state index contributed by atoms with van der Waals surface area (Å²) in [5.74, 6) is 0.288. The molecule has 0 aromatic heterocycles. The van der Waals surface area contributed by atoms with Crippen LogP contribution in [0.15, 0.2) is 12.2 Å². The average molecular weight is 343 g/mol. The number of aliphatic hydroxyl groups is 2. The molecule has 2 aliphatic rings. The molecule has 1 heterocycles. The van der Waals surface area contributed by atoms with E-state index in [2.05, 4.69) is 52.9 Å². The molecule has 2 fully saturated rings. The Morgan fingerprint density at radius 1 is 1.26 bits per heavy atom. The van der Waals surface area contributed by atoms with Crippen LogP contribution >= 0.6 is 0 Å². The van der Waals surface area contributed by atoms with E-state index in [1.165, 1.54) is 0 Å². The molecule has 1 unspecified atom stereocenters. The Kier molecular flexibility index (Phi) is 5.79. The van der Waals surface area contributed by atoms with E-state index in [1.54, 1.807) is 0 Å². The Hall–Kier alpha value is -0.203. The predicted molar refractivity (Wildman–Crippen MR) is 94.6 cm³/mol. The maximum absolute atomic E-state index is 10.3. The summed E-state index contributed by atoms with van der Waals surface area (Å²) in [6.07, 6.45) is 5.45. The van der Waals surface area contributed by atoms with E-state index in [9.17, 15) is 10.2 Å². The van der Waals surface area contributed by atoms with Gasteiger partial charge in [-0.2, -0.15) is 0 Å². The van der Waals surface area contributed by atoms with Gasteiger partial charge in [-0.15, -0.1) is 0 Å². The second kappa shape index (κ2) is 6.96. The molecule has 1 aliphatic carbocycles. The number of rotatable bonds is 5. The molecule has 5 heteroatoms. The van der Waals surface area contributed by atoms with Crippen LogP contribution in [0, 0.1) is 11.8 Å². The van der Waals surface area contributed by atoms with Crippen molar-refractivity contribution in [1.82, 2.24) is 0 Å². The summed E-state index contributed by atoms with van der Waals surface area (Å²) in [7, 11) is -1.80. The van der Waals surface area contributed by atoms with Crippen molar-refractivity contribution in [3.05, 3.63) is 12.2 Å². The van der Waals surface area contributed by atoms with E-state index in [0.29, 0.717) is 12.8 Å². The first-order chi connectivity index (χ1) is 10.5. The van der Waals surface area contributed by atoms with Crippen molar-refractivity contribution in [3.8, 4) is 0 Å². The number of hydrogen-bond donors (Lipinski definition) is 2. The van der Waals surface area contributed by atoms with E-state index >= 15 is 0 Å². The molecule has 0 amide bonds. The molecular weight excluding hydrogens is 308 g/mol. The van der Waals surface area contributed by atoms with Crippen LogP contribution < -0.4 is 0 Å². The van der Waals surface area contributed by atoms with Gasteiger partial charge in [-0.3, -0.25) is 0 Å². The molecule has 0 bridgehead atoms. The number of hydrogen-bond acceptors (Lipinski definition) is 4. The maximum atomic E-state index is 10.3. The summed E-state index contributed by atoms with van der Waals surface area (Å²) in [6, 6.07) is 0. The molecule has 0 radical (unpaired) electrons. The monoisotopic (exact) mass is 342 g/mol. The molecule has 6 atom stereocenters. The second-order valence-corrected chi connectivity index (χ2v) is 13.4. The quantitative estimate of drug-likeness (QED) is 0.593. The third-order valence-electron chi connectivity index (χ3n) is 5.90. The van der Waals surface area contributed by atoms with Crippen LogP contribution in [0.1, 0.15) is 47.0 Å². The van der Waals surface area contributed by atoms with Crippen LogP contribution in [0.25, 0.3) is 0 Å². The summed E-state index contributed by atoms with van der Waals surface area (Å²) in [5.41, 5.74) is 0. The van der Waals surface area contributed by atoms with E-state index in [0.717, 1.165) is 6.42 Å². The highest BCUT2D eigenvalue weighted by atomic mass is 28.4. The van der Waals surface area contributed by atoms with E-state index < -0.39 is 14.6 Å². The van der Waals surface area contributed by atoms with Crippen molar-refractivity contribution in [2.45, 2.75) is 89.7 Å². The standard InChI is InChI=1S/C18H34O4Si/c1-7-12(22-23(5,6)18(2,3)4)8-9-13-14-10-17(20)21-16(14)11-15(13)19/h8-9,12-17,19-20H,7,10-11H2,1-6H3/b9-8+/t12-,13+,14+,15+,16-,17?/m0/s1. The zero-order chi connectivity index (χ0) is 17.4. The van der Waals surface area contributed by atoms with Crippen molar-refractivity contribution in [2.24, 2.45) is 11.8 Å². The lowest BCUT2D eigenvalue weighted by atomic mass is 9.91. The largest absolute Gasteiger partial charge is 0.411 e. The molecule has 1 saturated heterocycles. The first kappa shape index (κ1) is 19.1. The van der Waals surface area contributed by atoms with Gasteiger partial charge < -0.3 is 19.4 Å². The molecule has 1 aliphatic heterocycles. The molecule has 2 N–H and O–H groups in total. The van der Waals surface area contributed by atoms with Gasteiger partial charge in [-0.1, -0.05) is 39.8 Å². The van der Waals surface area contributed by atoms with Gasteiger partial charge in [0.25, 0.3) is 0 Å². The van der Waals surface area contributed by atoms with Gasteiger partial charge in [-0.25, -0.2) is 0 Å². The summed E-state index contributed by atoms with van der Waals surface area (Å²) in [5, 5.41) is 20.1. The highest BCUT2D eigenvalue weighted by Crippen LogP contribution is 2.43. The fourth-order valence-corrected chi connectivity index (χ4v) is 4.75. The average Bonchev–Trinajstić information content (AvgIpc) is 2.88. The second-order valence-electron chi connectivity index (χ2n) is 8.62. The third-order valence-corrected chi connectivity index (χ3v) is 10.4. The minimum absolute atomic E-state index is 0.00367. The van der Waals surface area contributed by atoms with Crippen molar-refractivity contribution in [2.75, 3.05) is 0 Å². The summed E-state index contributed by atoms with van der Waals surface area (Å²) in [4.78, 5) is 0. The molecule has 1 saturated carbocycles. The summed E-state index contributed by atoms with van der Waals surface area (Å²) in [6.45, 7) is 13.4. The maximum Gasteiger partial charge on any atom is 0.192 e. The third kappa shape index (κ3) is 4.26. The molecule has 0 aromatic carbocycles. The lowest BCUT2D eigenvalue weighted by Gasteiger charge is -2.38. The summed E-state index contributed by atoms with van der Waals surface area (Å²) >= 11 is 0. The fraction of sp³-hybridized carbons (Fsp3) is 0.889. The van der Waals surface area contributed by atoms with Crippen molar-refractivity contribution in [1.29, 1.82) is 0 Å². The summed E-state index contributed by atoms with van der Waals surface area (Å²) < 4.78 is 12.0. The Morgan fingerprint density at radius 3 is 2.48 bits per heavy atom. The van der Waals surface area contributed by atoms with Gasteiger partial charge >= 0.3 is 0 Å². The van der Waals surface area contributed by atoms with E-state index in [-0.39, 0.29) is 35.2 Å². The van der Waals surface area contributed by atoms with E-state index in [1.807, 2.05) is 0 Å². The first-order valence-corrected chi connectivity index (χ1v) is 11.8. The molecule has 0 aromatic rings. The van der Waals surface area contributed by atoms with Gasteiger partial charge in [0.1, 0.15) is 0 Å². The highest BCUT2D eigenvalue weighted by Gasteiger charge is 2.47. The molecular formula is C18H34O4Si. The molecule has 4 nitrogen and oxygen atoms in total. The normalized spacial score (nSPS) is 36.6. The topological polar surface area (TPSA) is 58.9 Å². The molecule has 23 heavy (non-hydrogen) atoms. The molecule has 134 valence electrons. The highest BCUT2D eigenvalue weighted by molar-refractivity contribution is 6.74. The number of aliphatic hydroxyl groups excluding tert-OH is 2. The molecule has 2 rings (SSSR count). The minimum Gasteiger partial charge on any atom is -0.411 e. The van der Waals surface area contributed by atoms with Gasteiger partial charge in [0.2, 0.25) is 0 Å². The van der Waals surface area contributed by atoms with Gasteiger partial charge in [-0.05, 0) is 30.5 Å². The Bertz CT molecular complexity index is 429. The van der Waals surface area contributed by atoms with Crippen LogP contribution in [-0.4, -0.2) is 43.1 Å².